The van der Waals surface area contributed by atoms with E-state index in [4.69, 9.17) is 5.73 Å². The predicted octanol–water partition coefficient (Wildman–Crippen LogP) is 3.18. The molecule has 0 saturated heterocycles. The maximum Gasteiger partial charge on any atom is 0.417 e. The second-order valence-electron chi connectivity index (χ2n) is 8.97. The lowest BCUT2D eigenvalue weighted by atomic mass is 9.74. The molecule has 1 aliphatic heterocycles. The molecular weight excluding hydrogens is 475 g/mol. The quantitative estimate of drug-likeness (QED) is 0.431. The van der Waals surface area contributed by atoms with Crippen molar-refractivity contribution in [1.82, 2.24) is 34.5 Å². The van der Waals surface area contributed by atoms with Crippen molar-refractivity contribution in [3.8, 4) is 11.5 Å². The fraction of sp³-hybridized carbons (Fsp3) is 0.348. The highest BCUT2D eigenvalue weighted by molar-refractivity contribution is 6.09. The number of pyridine rings is 1. The molecule has 4 aromatic rings. The third-order valence-electron chi connectivity index (χ3n) is 6.65. The number of hydrogen-bond acceptors (Lipinski definition) is 8. The zero-order valence-corrected chi connectivity index (χ0v) is 19.0. The van der Waals surface area contributed by atoms with Crippen LogP contribution in [0.2, 0.25) is 0 Å². The number of nitrogens with two attached hydrogens (primary N) is 1. The standard InChI is InChI=1S/C23H20F3N9O/c1-2-3-13-20-29-10-30-35(20)9-14(31-13)18-32-17(27)16-19(33-18)34-21(36)22(16,11-4-5-11)15-7-6-12(8-28-15)23(24,25)26/h6-11H,2-5H2,1H3,(H3,27,32,33,34,36). The summed E-state index contributed by atoms with van der Waals surface area (Å²) in [6.07, 6.45) is 2.15. The van der Waals surface area contributed by atoms with Gasteiger partial charge in [0, 0.05) is 6.20 Å². The van der Waals surface area contributed by atoms with E-state index in [1.54, 1.807) is 10.7 Å². The van der Waals surface area contributed by atoms with Gasteiger partial charge >= 0.3 is 6.18 Å². The summed E-state index contributed by atoms with van der Waals surface area (Å²) in [7, 11) is 0. The predicted molar refractivity (Wildman–Crippen MR) is 122 cm³/mol. The van der Waals surface area contributed by atoms with Gasteiger partial charge in [0.05, 0.1) is 28.7 Å². The number of aromatic nitrogens is 7. The van der Waals surface area contributed by atoms with Gasteiger partial charge in [-0.15, -0.1) is 0 Å². The van der Waals surface area contributed by atoms with Gasteiger partial charge < -0.3 is 11.1 Å². The Morgan fingerprint density at radius 2 is 2.00 bits per heavy atom. The van der Waals surface area contributed by atoms with Crippen LogP contribution in [0.5, 0.6) is 0 Å². The summed E-state index contributed by atoms with van der Waals surface area (Å²) < 4.78 is 41.0. The smallest absolute Gasteiger partial charge is 0.383 e. The van der Waals surface area contributed by atoms with Crippen LogP contribution in [-0.4, -0.2) is 40.4 Å². The number of carbonyl (C=O) groups excluding carboxylic acids is 1. The maximum absolute atomic E-state index is 13.5. The molecular formula is C23H20F3N9O. The van der Waals surface area contributed by atoms with Crippen molar-refractivity contribution in [2.45, 2.75) is 44.2 Å². The third-order valence-corrected chi connectivity index (χ3v) is 6.65. The van der Waals surface area contributed by atoms with Crippen LogP contribution < -0.4 is 11.1 Å². The molecule has 13 heteroatoms. The van der Waals surface area contributed by atoms with Crippen LogP contribution in [-0.2, 0) is 22.8 Å². The Morgan fingerprint density at radius 3 is 2.67 bits per heavy atom. The molecule has 3 N–H and O–H groups in total. The minimum Gasteiger partial charge on any atom is -0.383 e. The highest BCUT2D eigenvalue weighted by Crippen LogP contribution is 2.57. The summed E-state index contributed by atoms with van der Waals surface area (Å²) in [5.74, 6) is -0.182. The summed E-state index contributed by atoms with van der Waals surface area (Å²) >= 11 is 0. The Balaban J connectivity index is 1.49. The van der Waals surface area contributed by atoms with Crippen LogP contribution in [0.1, 0.15) is 48.7 Å². The number of aryl methyl sites for hydroxylation is 1. The van der Waals surface area contributed by atoms with E-state index in [-0.39, 0.29) is 29.1 Å². The van der Waals surface area contributed by atoms with Gasteiger partial charge in [0.1, 0.15) is 29.1 Å². The van der Waals surface area contributed by atoms with Gasteiger partial charge in [-0.05, 0) is 37.3 Å². The Hall–Kier alpha value is -4.16. The van der Waals surface area contributed by atoms with E-state index in [0.29, 0.717) is 36.2 Å². The van der Waals surface area contributed by atoms with Crippen LogP contribution in [0, 0.1) is 5.92 Å². The molecule has 1 fully saturated rings. The van der Waals surface area contributed by atoms with Crippen LogP contribution in [0.15, 0.2) is 30.9 Å². The number of rotatable bonds is 5. The summed E-state index contributed by atoms with van der Waals surface area (Å²) in [4.78, 5) is 35.5. The topological polar surface area (TPSA) is 137 Å². The highest BCUT2D eigenvalue weighted by Gasteiger charge is 2.60. The first-order valence-electron chi connectivity index (χ1n) is 11.5. The number of hydrogen-bond donors (Lipinski definition) is 2. The molecule has 6 rings (SSSR count). The van der Waals surface area contributed by atoms with Gasteiger partial charge in [-0.3, -0.25) is 9.78 Å². The number of fused-ring (bicyclic) bond motifs is 2. The zero-order valence-electron chi connectivity index (χ0n) is 19.0. The van der Waals surface area contributed by atoms with Crippen LogP contribution in [0.4, 0.5) is 24.8 Å². The van der Waals surface area contributed by atoms with E-state index in [1.165, 1.54) is 12.4 Å². The number of nitrogens with zero attached hydrogens (tertiary/aromatic N) is 7. The van der Waals surface area contributed by atoms with Crippen molar-refractivity contribution < 1.29 is 18.0 Å². The first-order valence-corrected chi connectivity index (χ1v) is 11.5. The van der Waals surface area contributed by atoms with Crippen molar-refractivity contribution in [2.75, 3.05) is 11.1 Å². The fourth-order valence-electron chi connectivity index (χ4n) is 4.95. The molecule has 1 atom stereocenters. The largest absolute Gasteiger partial charge is 0.417 e. The highest BCUT2D eigenvalue weighted by atomic mass is 19.4. The van der Waals surface area contributed by atoms with Crippen LogP contribution in [0.3, 0.4) is 0 Å². The molecule has 0 aromatic carbocycles. The lowest BCUT2D eigenvalue weighted by molar-refractivity contribution is -0.137. The Kier molecular flexibility index (Phi) is 4.75. The number of amides is 1. The molecule has 0 spiro atoms. The number of alkyl halides is 3. The van der Waals surface area contributed by atoms with Crippen molar-refractivity contribution in [3.63, 3.8) is 0 Å². The third kappa shape index (κ3) is 3.22. The van der Waals surface area contributed by atoms with E-state index in [0.717, 1.165) is 24.4 Å². The van der Waals surface area contributed by atoms with Gasteiger partial charge in [-0.2, -0.15) is 18.3 Å². The summed E-state index contributed by atoms with van der Waals surface area (Å²) in [6, 6.07) is 2.16. The van der Waals surface area contributed by atoms with E-state index in [1.807, 2.05) is 6.92 Å². The number of halogens is 3. The first kappa shape index (κ1) is 22.3. The summed E-state index contributed by atoms with van der Waals surface area (Å²) in [5.41, 5.74) is 6.44. The number of anilines is 2. The van der Waals surface area contributed by atoms with E-state index in [2.05, 4.69) is 35.3 Å². The summed E-state index contributed by atoms with van der Waals surface area (Å²) in [5, 5.41) is 6.98. The van der Waals surface area contributed by atoms with Gasteiger partial charge in [-0.1, -0.05) is 13.3 Å². The number of nitrogen functional groups attached to an aromatic ring is 1. The maximum atomic E-state index is 13.5. The Bertz CT molecular complexity index is 1510. The number of nitrogens with one attached hydrogen (secondary N) is 1. The Labute approximate surface area is 202 Å². The van der Waals surface area contributed by atoms with Gasteiger partial charge in [0.2, 0.25) is 5.91 Å². The fourth-order valence-corrected chi connectivity index (χ4v) is 4.95. The average molecular weight is 495 g/mol. The number of carbonyl (C=O) groups is 1. The van der Waals surface area contributed by atoms with Crippen LogP contribution in [0.25, 0.3) is 17.2 Å². The molecule has 1 aliphatic carbocycles. The lowest BCUT2D eigenvalue weighted by Gasteiger charge is -2.27. The SMILES string of the molecule is CCCc1nc(-c2nc(N)c3c(n2)NC(=O)C3(c2ccc(C(F)(F)F)cn2)C2CC2)cn2ncnc12. The summed E-state index contributed by atoms with van der Waals surface area (Å²) in [6.45, 7) is 2.02. The molecule has 2 aliphatic rings. The second-order valence-corrected chi connectivity index (χ2v) is 8.97. The minimum atomic E-state index is -4.54. The second kappa shape index (κ2) is 7.67. The molecule has 36 heavy (non-hydrogen) atoms. The molecule has 4 aromatic heterocycles. The van der Waals surface area contributed by atoms with Crippen molar-refractivity contribution in [3.05, 3.63) is 53.4 Å². The van der Waals surface area contributed by atoms with Crippen molar-refractivity contribution in [2.24, 2.45) is 5.92 Å². The molecule has 5 heterocycles. The molecule has 0 bridgehead atoms. The van der Waals surface area contributed by atoms with E-state index < -0.39 is 23.1 Å². The molecule has 10 nitrogen and oxygen atoms in total. The zero-order chi connectivity index (χ0) is 25.2. The molecule has 184 valence electrons. The van der Waals surface area contributed by atoms with Gasteiger partial charge in [0.15, 0.2) is 11.5 Å². The first-order chi connectivity index (χ1) is 17.2. The average Bonchev–Trinajstić information content (AvgIpc) is 3.48. The normalized spacial score (nSPS) is 19.5. The molecule has 0 radical (unpaired) electrons. The molecule has 1 unspecified atom stereocenters. The van der Waals surface area contributed by atoms with Crippen molar-refractivity contribution >= 4 is 23.2 Å². The van der Waals surface area contributed by atoms with Crippen LogP contribution >= 0.6 is 0 Å². The molecule has 1 amide bonds. The van der Waals surface area contributed by atoms with Gasteiger partial charge in [-0.25, -0.2) is 24.5 Å². The monoisotopic (exact) mass is 495 g/mol. The van der Waals surface area contributed by atoms with Crippen molar-refractivity contribution in [1.29, 1.82) is 0 Å². The van der Waals surface area contributed by atoms with Gasteiger partial charge in [0.25, 0.3) is 0 Å². The Morgan fingerprint density at radius 1 is 1.19 bits per heavy atom. The minimum absolute atomic E-state index is 0.0412. The lowest BCUT2D eigenvalue weighted by Crippen LogP contribution is -2.39. The molecule has 1 saturated carbocycles. The van der Waals surface area contributed by atoms with E-state index >= 15 is 0 Å². The van der Waals surface area contributed by atoms with E-state index in [9.17, 15) is 18.0 Å².